The topological polar surface area (TPSA) is 49.3 Å². The van der Waals surface area contributed by atoms with Crippen molar-refractivity contribution in [3.8, 4) is 0 Å². The van der Waals surface area contributed by atoms with Gasteiger partial charge in [0.15, 0.2) is 11.1 Å². The fourth-order valence-corrected chi connectivity index (χ4v) is 2.68. The Bertz CT molecular complexity index is 413. The predicted molar refractivity (Wildman–Crippen MR) is 66.0 cm³/mol. The van der Waals surface area contributed by atoms with Gasteiger partial charge in [0.25, 0.3) is 0 Å². The summed E-state index contributed by atoms with van der Waals surface area (Å²) in [4.78, 5) is 0. The van der Waals surface area contributed by atoms with Gasteiger partial charge in [-0.15, -0.1) is 0 Å². The van der Waals surface area contributed by atoms with E-state index in [0.29, 0.717) is 0 Å². The van der Waals surface area contributed by atoms with Crippen LogP contribution in [0.15, 0.2) is 24.3 Å². The standard InChI is InChI=1S/C12H16FNO2S/c13-10(8-17(15)16)7-14-12-6-5-9-3-1-2-4-11(9)12/h1-4,10,12,14H,5-8H2,(H,15,16)/t10?,12-/m0/s1. The van der Waals surface area contributed by atoms with Gasteiger partial charge in [0.05, 0.1) is 5.75 Å². The van der Waals surface area contributed by atoms with E-state index in [1.807, 2.05) is 12.1 Å². The summed E-state index contributed by atoms with van der Waals surface area (Å²) in [5.74, 6) is -0.318. The average molecular weight is 257 g/mol. The van der Waals surface area contributed by atoms with Gasteiger partial charge in [-0.2, -0.15) is 0 Å². The molecule has 0 saturated heterocycles. The third kappa shape index (κ3) is 3.34. The minimum atomic E-state index is -2.06. The second-order valence-corrected chi connectivity index (χ2v) is 5.26. The highest BCUT2D eigenvalue weighted by Gasteiger charge is 2.22. The predicted octanol–water partition coefficient (Wildman–Crippen LogP) is 1.82. The van der Waals surface area contributed by atoms with E-state index in [-0.39, 0.29) is 18.3 Å². The van der Waals surface area contributed by atoms with Crippen molar-refractivity contribution < 1.29 is 13.2 Å². The van der Waals surface area contributed by atoms with Crippen LogP contribution in [0.25, 0.3) is 0 Å². The van der Waals surface area contributed by atoms with Crippen molar-refractivity contribution >= 4 is 11.1 Å². The van der Waals surface area contributed by atoms with Crippen LogP contribution in [0.5, 0.6) is 0 Å². The van der Waals surface area contributed by atoms with Crippen molar-refractivity contribution in [1.29, 1.82) is 0 Å². The van der Waals surface area contributed by atoms with Crippen LogP contribution >= 0.6 is 0 Å². The second-order valence-electron chi connectivity index (χ2n) is 4.28. The Labute approximate surface area is 103 Å². The lowest BCUT2D eigenvalue weighted by Gasteiger charge is -2.15. The van der Waals surface area contributed by atoms with E-state index in [1.54, 1.807) is 0 Å². The summed E-state index contributed by atoms with van der Waals surface area (Å²) in [5, 5.41) is 3.12. The number of fused-ring (bicyclic) bond motifs is 1. The lowest BCUT2D eigenvalue weighted by atomic mass is 10.1. The molecule has 2 unspecified atom stereocenters. The van der Waals surface area contributed by atoms with Crippen LogP contribution in [0.4, 0.5) is 4.39 Å². The molecular formula is C12H16FNO2S. The molecule has 1 aromatic rings. The van der Waals surface area contributed by atoms with E-state index in [9.17, 15) is 8.60 Å². The van der Waals surface area contributed by atoms with Crippen LogP contribution < -0.4 is 5.32 Å². The molecule has 94 valence electrons. The van der Waals surface area contributed by atoms with E-state index >= 15 is 0 Å². The Morgan fingerprint density at radius 3 is 3.06 bits per heavy atom. The van der Waals surface area contributed by atoms with Crippen molar-refractivity contribution in [2.24, 2.45) is 0 Å². The van der Waals surface area contributed by atoms with Crippen LogP contribution in [0.3, 0.4) is 0 Å². The lowest BCUT2D eigenvalue weighted by molar-refractivity contribution is 0.329. The van der Waals surface area contributed by atoms with Crippen LogP contribution in [0, 0.1) is 0 Å². The van der Waals surface area contributed by atoms with Gasteiger partial charge in [-0.25, -0.2) is 8.60 Å². The smallest absolute Gasteiger partial charge is 0.155 e. The van der Waals surface area contributed by atoms with Crippen molar-refractivity contribution in [3.63, 3.8) is 0 Å². The minimum Gasteiger partial charge on any atom is -0.307 e. The zero-order valence-electron chi connectivity index (χ0n) is 9.43. The summed E-state index contributed by atoms with van der Waals surface area (Å²) in [6.45, 7) is 0.130. The molecule has 0 aromatic heterocycles. The summed E-state index contributed by atoms with van der Waals surface area (Å²) < 4.78 is 32.3. The molecule has 1 aliphatic rings. The van der Waals surface area contributed by atoms with Gasteiger partial charge in [0.1, 0.15) is 6.17 Å². The maximum Gasteiger partial charge on any atom is 0.155 e. The molecule has 0 radical (unpaired) electrons. The zero-order valence-corrected chi connectivity index (χ0v) is 10.3. The Kier molecular flexibility index (Phi) is 4.25. The van der Waals surface area contributed by atoms with Gasteiger partial charge in [-0.1, -0.05) is 24.3 Å². The Morgan fingerprint density at radius 2 is 2.29 bits per heavy atom. The molecule has 17 heavy (non-hydrogen) atoms. The van der Waals surface area contributed by atoms with Crippen LogP contribution in [0.2, 0.25) is 0 Å². The number of hydrogen-bond donors (Lipinski definition) is 2. The third-order valence-corrected chi connectivity index (χ3v) is 3.69. The van der Waals surface area contributed by atoms with Crippen molar-refractivity contribution in [2.75, 3.05) is 12.3 Å². The molecule has 2 rings (SSSR count). The lowest BCUT2D eigenvalue weighted by Crippen LogP contribution is -2.30. The van der Waals surface area contributed by atoms with Crippen LogP contribution in [-0.4, -0.2) is 27.2 Å². The SMILES string of the molecule is O=S(O)CC(F)CN[C@H]1CCc2ccccc21. The summed E-state index contributed by atoms with van der Waals surface area (Å²) in [7, 11) is 0. The number of benzene rings is 1. The molecule has 0 fully saturated rings. The quantitative estimate of drug-likeness (QED) is 0.791. The summed E-state index contributed by atoms with van der Waals surface area (Å²) in [6.07, 6.45) is 0.707. The molecule has 1 aliphatic carbocycles. The van der Waals surface area contributed by atoms with Crippen molar-refractivity contribution in [3.05, 3.63) is 35.4 Å². The fourth-order valence-electron chi connectivity index (χ4n) is 2.25. The molecule has 3 atom stereocenters. The summed E-state index contributed by atoms with van der Waals surface area (Å²) in [6, 6.07) is 8.31. The number of alkyl halides is 1. The molecule has 0 heterocycles. The first-order valence-corrected chi connectivity index (χ1v) is 6.97. The monoisotopic (exact) mass is 257 g/mol. The van der Waals surface area contributed by atoms with E-state index < -0.39 is 17.3 Å². The van der Waals surface area contributed by atoms with E-state index in [4.69, 9.17) is 4.55 Å². The first-order valence-electron chi connectivity index (χ1n) is 5.69. The van der Waals surface area contributed by atoms with E-state index in [2.05, 4.69) is 17.4 Å². The van der Waals surface area contributed by atoms with Gasteiger partial charge in [-0.3, -0.25) is 0 Å². The van der Waals surface area contributed by atoms with E-state index in [1.165, 1.54) is 11.1 Å². The third-order valence-electron chi connectivity index (χ3n) is 3.04. The molecule has 0 amide bonds. The number of halogens is 1. The zero-order chi connectivity index (χ0) is 12.3. The number of aryl methyl sites for hydroxylation is 1. The summed E-state index contributed by atoms with van der Waals surface area (Å²) >= 11 is -2.06. The first kappa shape index (κ1) is 12.7. The highest BCUT2D eigenvalue weighted by Crippen LogP contribution is 2.30. The van der Waals surface area contributed by atoms with Crippen molar-refractivity contribution in [2.45, 2.75) is 25.1 Å². The highest BCUT2D eigenvalue weighted by atomic mass is 32.2. The molecule has 0 aliphatic heterocycles. The van der Waals surface area contributed by atoms with E-state index in [0.717, 1.165) is 12.8 Å². The fraction of sp³-hybridized carbons (Fsp3) is 0.500. The van der Waals surface area contributed by atoms with Gasteiger partial charge < -0.3 is 9.87 Å². The Morgan fingerprint density at radius 1 is 1.53 bits per heavy atom. The Balaban J connectivity index is 1.87. The van der Waals surface area contributed by atoms with Gasteiger partial charge in [0.2, 0.25) is 0 Å². The van der Waals surface area contributed by atoms with Crippen LogP contribution in [-0.2, 0) is 17.5 Å². The van der Waals surface area contributed by atoms with Gasteiger partial charge in [-0.05, 0) is 24.0 Å². The van der Waals surface area contributed by atoms with Gasteiger partial charge in [0, 0.05) is 12.6 Å². The highest BCUT2D eigenvalue weighted by molar-refractivity contribution is 7.79. The average Bonchev–Trinajstić information content (AvgIpc) is 2.69. The largest absolute Gasteiger partial charge is 0.307 e. The van der Waals surface area contributed by atoms with Gasteiger partial charge >= 0.3 is 0 Å². The first-order chi connectivity index (χ1) is 8.16. The molecule has 5 heteroatoms. The maximum atomic E-state index is 13.3. The molecule has 2 N–H and O–H groups in total. The number of rotatable bonds is 5. The Hall–Kier alpha value is -0.780. The molecule has 1 aromatic carbocycles. The minimum absolute atomic E-state index is 0.130. The molecule has 0 saturated carbocycles. The second kappa shape index (κ2) is 5.71. The number of nitrogens with one attached hydrogen (secondary N) is 1. The summed E-state index contributed by atoms with van der Waals surface area (Å²) in [5.41, 5.74) is 2.54. The molecule has 0 spiro atoms. The van der Waals surface area contributed by atoms with Crippen molar-refractivity contribution in [1.82, 2.24) is 5.32 Å². The van der Waals surface area contributed by atoms with Crippen LogP contribution in [0.1, 0.15) is 23.6 Å². The molecule has 0 bridgehead atoms. The molecule has 3 nitrogen and oxygen atoms in total. The number of hydrogen-bond acceptors (Lipinski definition) is 2. The normalized spacial score (nSPS) is 22.1. The maximum absolute atomic E-state index is 13.3. The molecular weight excluding hydrogens is 241 g/mol.